The summed E-state index contributed by atoms with van der Waals surface area (Å²) in [5.74, 6) is -0.137. The van der Waals surface area contributed by atoms with Crippen molar-refractivity contribution in [1.82, 2.24) is 10.3 Å². The van der Waals surface area contributed by atoms with Gasteiger partial charge in [-0.05, 0) is 30.0 Å². The van der Waals surface area contributed by atoms with Crippen LogP contribution in [-0.4, -0.2) is 17.4 Å². The third-order valence-corrected chi connectivity index (χ3v) is 3.06. The van der Waals surface area contributed by atoms with Crippen LogP contribution in [0.25, 0.3) is 0 Å². The first-order valence-corrected chi connectivity index (χ1v) is 6.76. The van der Waals surface area contributed by atoms with Crippen LogP contribution >= 0.6 is 0 Å². The fraction of sp³-hybridized carbons (Fsp3) is 0.250. The summed E-state index contributed by atoms with van der Waals surface area (Å²) in [5.41, 5.74) is 8.13. The molecule has 0 unspecified atom stereocenters. The highest BCUT2D eigenvalue weighted by atomic mass is 16.1. The molecule has 1 amide bonds. The summed E-state index contributed by atoms with van der Waals surface area (Å²) in [5, 5.41) is 2.87. The van der Waals surface area contributed by atoms with Crippen LogP contribution in [0.2, 0.25) is 0 Å². The van der Waals surface area contributed by atoms with Crippen LogP contribution in [0.15, 0.2) is 48.7 Å². The predicted octanol–water partition coefficient (Wildman–Crippen LogP) is 1.90. The highest BCUT2D eigenvalue weighted by molar-refractivity contribution is 5.92. The molecule has 2 rings (SSSR count). The number of rotatable bonds is 6. The molecule has 0 saturated heterocycles. The van der Waals surface area contributed by atoms with Gasteiger partial charge < -0.3 is 11.1 Å². The summed E-state index contributed by atoms with van der Waals surface area (Å²) >= 11 is 0. The number of aromatic nitrogens is 1. The number of hydrogen-bond donors (Lipinski definition) is 2. The van der Waals surface area contributed by atoms with E-state index in [-0.39, 0.29) is 5.91 Å². The zero-order valence-corrected chi connectivity index (χ0v) is 11.4. The van der Waals surface area contributed by atoms with Gasteiger partial charge in [-0.2, -0.15) is 0 Å². The van der Waals surface area contributed by atoms with Crippen molar-refractivity contribution in [3.63, 3.8) is 0 Å². The maximum Gasteiger partial charge on any atom is 0.269 e. The molecule has 20 heavy (non-hydrogen) atoms. The smallest absolute Gasteiger partial charge is 0.269 e. The molecule has 0 saturated carbocycles. The number of carbonyl (C=O) groups excluding carboxylic acids is 1. The van der Waals surface area contributed by atoms with Crippen LogP contribution in [0.5, 0.6) is 0 Å². The molecule has 2 aromatic rings. The van der Waals surface area contributed by atoms with E-state index in [2.05, 4.69) is 22.4 Å². The summed E-state index contributed by atoms with van der Waals surface area (Å²) in [7, 11) is 0. The van der Waals surface area contributed by atoms with E-state index in [1.165, 1.54) is 5.56 Å². The van der Waals surface area contributed by atoms with E-state index in [1.807, 2.05) is 24.3 Å². The van der Waals surface area contributed by atoms with Gasteiger partial charge in [-0.15, -0.1) is 0 Å². The number of nitrogens with two attached hydrogens (primary N) is 1. The Bertz CT molecular complexity index is 537. The standard InChI is InChI=1S/C16H19N3O/c17-11-14-8-9-15(19-12-14)16(20)18-10-4-7-13-5-2-1-3-6-13/h1-3,5-6,8-9,12H,4,7,10-11,17H2,(H,18,20). The number of amides is 1. The number of nitrogens with one attached hydrogen (secondary N) is 1. The SMILES string of the molecule is NCc1ccc(C(=O)NCCCc2ccccc2)nc1. The molecule has 4 nitrogen and oxygen atoms in total. The van der Waals surface area contributed by atoms with Gasteiger partial charge in [0.05, 0.1) is 0 Å². The van der Waals surface area contributed by atoms with Crippen molar-refractivity contribution in [3.8, 4) is 0 Å². The largest absolute Gasteiger partial charge is 0.351 e. The van der Waals surface area contributed by atoms with E-state index in [9.17, 15) is 4.79 Å². The second-order valence-electron chi connectivity index (χ2n) is 4.60. The zero-order valence-electron chi connectivity index (χ0n) is 11.4. The summed E-state index contributed by atoms with van der Waals surface area (Å²) in [6.45, 7) is 1.08. The van der Waals surface area contributed by atoms with Gasteiger partial charge in [-0.1, -0.05) is 36.4 Å². The molecular weight excluding hydrogens is 250 g/mol. The van der Waals surface area contributed by atoms with Crippen molar-refractivity contribution < 1.29 is 4.79 Å². The van der Waals surface area contributed by atoms with Gasteiger partial charge >= 0.3 is 0 Å². The van der Waals surface area contributed by atoms with Gasteiger partial charge in [0.25, 0.3) is 5.91 Å². The first kappa shape index (κ1) is 14.2. The van der Waals surface area contributed by atoms with Crippen LogP contribution in [0.3, 0.4) is 0 Å². The Morgan fingerprint density at radius 3 is 2.55 bits per heavy atom. The van der Waals surface area contributed by atoms with Crippen molar-refractivity contribution >= 4 is 5.91 Å². The Morgan fingerprint density at radius 2 is 1.90 bits per heavy atom. The van der Waals surface area contributed by atoms with Gasteiger partial charge in [-0.25, -0.2) is 0 Å². The van der Waals surface area contributed by atoms with Crippen LogP contribution in [0, 0.1) is 0 Å². The number of carbonyl (C=O) groups is 1. The molecule has 1 aromatic heterocycles. The van der Waals surface area contributed by atoms with Gasteiger partial charge in [-0.3, -0.25) is 9.78 Å². The van der Waals surface area contributed by atoms with Gasteiger partial charge in [0.15, 0.2) is 0 Å². The molecule has 104 valence electrons. The van der Waals surface area contributed by atoms with Crippen LogP contribution in [0.4, 0.5) is 0 Å². The average molecular weight is 269 g/mol. The maximum absolute atomic E-state index is 11.9. The normalized spacial score (nSPS) is 10.2. The topological polar surface area (TPSA) is 68.0 Å². The van der Waals surface area contributed by atoms with Gasteiger partial charge in [0.1, 0.15) is 5.69 Å². The number of benzene rings is 1. The lowest BCUT2D eigenvalue weighted by Crippen LogP contribution is -2.25. The van der Waals surface area contributed by atoms with Gasteiger partial charge in [0.2, 0.25) is 0 Å². The minimum atomic E-state index is -0.137. The Hall–Kier alpha value is -2.20. The Morgan fingerprint density at radius 1 is 1.10 bits per heavy atom. The van der Waals surface area contributed by atoms with E-state index < -0.39 is 0 Å². The van der Waals surface area contributed by atoms with E-state index in [1.54, 1.807) is 12.3 Å². The maximum atomic E-state index is 11.9. The number of nitrogens with zero attached hydrogens (tertiary/aromatic N) is 1. The second kappa shape index (κ2) is 7.40. The van der Waals surface area contributed by atoms with E-state index in [4.69, 9.17) is 5.73 Å². The number of pyridine rings is 1. The van der Waals surface area contributed by atoms with Gasteiger partial charge in [0, 0.05) is 19.3 Å². The summed E-state index contributed by atoms with van der Waals surface area (Å²) in [4.78, 5) is 15.9. The molecular formula is C16H19N3O. The Labute approximate surface area is 119 Å². The molecule has 3 N–H and O–H groups in total. The van der Waals surface area contributed by atoms with Crippen LogP contribution in [0.1, 0.15) is 28.0 Å². The van der Waals surface area contributed by atoms with Crippen molar-refractivity contribution in [3.05, 3.63) is 65.5 Å². The molecule has 1 aromatic carbocycles. The summed E-state index contributed by atoms with van der Waals surface area (Å²) in [6, 6.07) is 13.8. The third kappa shape index (κ3) is 4.17. The van der Waals surface area contributed by atoms with Crippen LogP contribution in [-0.2, 0) is 13.0 Å². The zero-order chi connectivity index (χ0) is 14.2. The quantitative estimate of drug-likeness (QED) is 0.787. The monoisotopic (exact) mass is 269 g/mol. The minimum absolute atomic E-state index is 0.137. The molecule has 0 atom stereocenters. The molecule has 0 radical (unpaired) electrons. The molecule has 0 bridgehead atoms. The molecule has 1 heterocycles. The van der Waals surface area contributed by atoms with Crippen LogP contribution < -0.4 is 11.1 Å². The molecule has 0 spiro atoms. The van der Waals surface area contributed by atoms with Crippen molar-refractivity contribution in [2.24, 2.45) is 5.73 Å². The van der Waals surface area contributed by atoms with E-state index in [0.717, 1.165) is 18.4 Å². The molecule has 0 aliphatic heterocycles. The lowest BCUT2D eigenvalue weighted by atomic mass is 10.1. The third-order valence-electron chi connectivity index (χ3n) is 3.06. The molecule has 0 aliphatic carbocycles. The fourth-order valence-corrected chi connectivity index (χ4v) is 1.91. The van der Waals surface area contributed by atoms with E-state index >= 15 is 0 Å². The first-order chi connectivity index (χ1) is 9.79. The highest BCUT2D eigenvalue weighted by Crippen LogP contribution is 2.02. The summed E-state index contributed by atoms with van der Waals surface area (Å²) < 4.78 is 0. The average Bonchev–Trinajstić information content (AvgIpc) is 2.52. The molecule has 0 fully saturated rings. The number of hydrogen-bond acceptors (Lipinski definition) is 3. The lowest BCUT2D eigenvalue weighted by molar-refractivity contribution is 0.0948. The minimum Gasteiger partial charge on any atom is -0.351 e. The molecule has 0 aliphatic rings. The lowest BCUT2D eigenvalue weighted by Gasteiger charge is -2.05. The van der Waals surface area contributed by atoms with E-state index in [0.29, 0.717) is 18.8 Å². The highest BCUT2D eigenvalue weighted by Gasteiger charge is 2.05. The predicted molar refractivity (Wildman–Crippen MR) is 79.2 cm³/mol. The van der Waals surface area contributed by atoms with Crippen molar-refractivity contribution in [1.29, 1.82) is 0 Å². The number of aryl methyl sites for hydroxylation is 1. The van der Waals surface area contributed by atoms with Crippen molar-refractivity contribution in [2.45, 2.75) is 19.4 Å². The second-order valence-corrected chi connectivity index (χ2v) is 4.60. The molecule has 4 heteroatoms. The fourth-order valence-electron chi connectivity index (χ4n) is 1.91. The Balaban J connectivity index is 1.74. The summed E-state index contributed by atoms with van der Waals surface area (Å²) in [6.07, 6.45) is 3.51. The first-order valence-electron chi connectivity index (χ1n) is 6.76. The Kier molecular flexibility index (Phi) is 5.26. The van der Waals surface area contributed by atoms with Crippen molar-refractivity contribution in [2.75, 3.05) is 6.54 Å².